The predicted octanol–water partition coefficient (Wildman–Crippen LogP) is 2.64. The summed E-state index contributed by atoms with van der Waals surface area (Å²) in [6.45, 7) is 0. The standard InChI is InChI=1S/C6H4ClF.H3N/c7-5-2-1-3-6(8)4-5;/h1-4H;1H3. The molecule has 0 aromatic heterocycles. The molecule has 1 aromatic rings. The summed E-state index contributed by atoms with van der Waals surface area (Å²) >= 11 is 5.40. The summed E-state index contributed by atoms with van der Waals surface area (Å²) in [6.07, 6.45) is 0. The first kappa shape index (κ1) is 8.40. The lowest BCUT2D eigenvalue weighted by Crippen LogP contribution is -1.68. The molecule has 0 saturated carbocycles. The third-order valence-electron chi connectivity index (χ3n) is 0.787. The fourth-order valence-electron chi connectivity index (χ4n) is 0.460. The average molecular weight is 148 g/mol. The van der Waals surface area contributed by atoms with Crippen molar-refractivity contribution in [1.29, 1.82) is 0 Å². The minimum absolute atomic E-state index is 0. The Kier molecular flexibility index (Phi) is 3.20. The van der Waals surface area contributed by atoms with Gasteiger partial charge in [-0.15, -0.1) is 0 Å². The van der Waals surface area contributed by atoms with Gasteiger partial charge in [0.05, 0.1) is 0 Å². The molecule has 9 heavy (non-hydrogen) atoms. The zero-order valence-electron chi connectivity index (χ0n) is 4.77. The highest BCUT2D eigenvalue weighted by Gasteiger charge is 1.86. The zero-order valence-corrected chi connectivity index (χ0v) is 5.53. The van der Waals surface area contributed by atoms with Gasteiger partial charge in [-0.2, -0.15) is 0 Å². The van der Waals surface area contributed by atoms with E-state index >= 15 is 0 Å². The molecule has 3 heteroatoms. The number of rotatable bonds is 0. The highest BCUT2D eigenvalue weighted by atomic mass is 35.5. The van der Waals surface area contributed by atoms with Crippen molar-refractivity contribution in [2.45, 2.75) is 0 Å². The molecule has 0 saturated heterocycles. The Morgan fingerprint density at radius 2 is 2.00 bits per heavy atom. The van der Waals surface area contributed by atoms with Crippen LogP contribution in [0.4, 0.5) is 4.39 Å². The normalized spacial score (nSPS) is 8.22. The van der Waals surface area contributed by atoms with Crippen LogP contribution in [0.5, 0.6) is 0 Å². The van der Waals surface area contributed by atoms with Crippen LogP contribution in [0, 0.1) is 5.82 Å². The van der Waals surface area contributed by atoms with Crippen molar-refractivity contribution in [2.75, 3.05) is 0 Å². The first-order valence-electron chi connectivity index (χ1n) is 2.20. The predicted molar refractivity (Wildman–Crippen MR) is 36.4 cm³/mol. The lowest BCUT2D eigenvalue weighted by Gasteiger charge is -1.85. The van der Waals surface area contributed by atoms with E-state index in [4.69, 9.17) is 11.6 Å². The fraction of sp³-hybridized carbons (Fsp3) is 0. The molecule has 0 aliphatic rings. The lowest BCUT2D eigenvalue weighted by atomic mass is 10.4. The Morgan fingerprint density at radius 3 is 2.33 bits per heavy atom. The van der Waals surface area contributed by atoms with Crippen molar-refractivity contribution in [3.63, 3.8) is 0 Å². The van der Waals surface area contributed by atoms with E-state index < -0.39 is 0 Å². The zero-order chi connectivity index (χ0) is 5.98. The molecule has 0 aliphatic carbocycles. The van der Waals surface area contributed by atoms with Gasteiger partial charge < -0.3 is 6.15 Å². The molecule has 50 valence electrons. The summed E-state index contributed by atoms with van der Waals surface area (Å²) in [5.74, 6) is -0.294. The molecule has 0 bridgehead atoms. The van der Waals surface area contributed by atoms with Crippen molar-refractivity contribution in [2.24, 2.45) is 0 Å². The van der Waals surface area contributed by atoms with Crippen LogP contribution in [0.2, 0.25) is 5.02 Å². The Bertz CT molecular complexity index is 173. The van der Waals surface area contributed by atoms with Crippen molar-refractivity contribution >= 4 is 11.6 Å². The van der Waals surface area contributed by atoms with Crippen LogP contribution in [-0.2, 0) is 0 Å². The number of hydrogen-bond donors (Lipinski definition) is 1. The summed E-state index contributed by atoms with van der Waals surface area (Å²) in [5, 5.41) is 0.435. The molecule has 0 atom stereocenters. The first-order valence-corrected chi connectivity index (χ1v) is 2.58. The van der Waals surface area contributed by atoms with Gasteiger partial charge in [0.15, 0.2) is 0 Å². The fourth-order valence-corrected chi connectivity index (χ4v) is 0.637. The van der Waals surface area contributed by atoms with Crippen LogP contribution in [0.1, 0.15) is 0 Å². The minimum Gasteiger partial charge on any atom is -0.344 e. The van der Waals surface area contributed by atoms with E-state index in [9.17, 15) is 4.39 Å². The van der Waals surface area contributed by atoms with E-state index in [1.165, 1.54) is 12.1 Å². The molecule has 0 radical (unpaired) electrons. The quantitative estimate of drug-likeness (QED) is 0.602. The Hall–Kier alpha value is -0.600. The maximum Gasteiger partial charge on any atom is 0.124 e. The lowest BCUT2D eigenvalue weighted by molar-refractivity contribution is 0.628. The molecule has 0 spiro atoms. The summed E-state index contributed by atoms with van der Waals surface area (Å²) in [6, 6.07) is 5.82. The van der Waals surface area contributed by atoms with E-state index in [1.54, 1.807) is 12.1 Å². The second kappa shape index (κ2) is 3.43. The van der Waals surface area contributed by atoms with Gasteiger partial charge in [-0.3, -0.25) is 0 Å². The highest BCUT2D eigenvalue weighted by molar-refractivity contribution is 6.30. The van der Waals surface area contributed by atoms with Gasteiger partial charge in [0.1, 0.15) is 5.82 Å². The Morgan fingerprint density at radius 1 is 1.33 bits per heavy atom. The minimum atomic E-state index is -0.294. The molecule has 0 unspecified atom stereocenters. The SMILES string of the molecule is Fc1cccc(Cl)c1.N. The summed E-state index contributed by atoms with van der Waals surface area (Å²) in [5.41, 5.74) is 0. The van der Waals surface area contributed by atoms with Crippen LogP contribution in [0.3, 0.4) is 0 Å². The molecule has 1 rings (SSSR count). The topological polar surface area (TPSA) is 35.0 Å². The van der Waals surface area contributed by atoms with E-state index in [0.29, 0.717) is 5.02 Å². The number of halogens is 2. The molecule has 0 heterocycles. The largest absolute Gasteiger partial charge is 0.344 e. The Labute approximate surface area is 58.0 Å². The van der Waals surface area contributed by atoms with Crippen LogP contribution in [0.25, 0.3) is 0 Å². The second-order valence-corrected chi connectivity index (χ2v) is 1.88. The van der Waals surface area contributed by atoms with Crippen LogP contribution in [-0.4, -0.2) is 0 Å². The molecular formula is C6H7ClFN. The summed E-state index contributed by atoms with van der Waals surface area (Å²) in [4.78, 5) is 0. The van der Waals surface area contributed by atoms with Crippen LogP contribution < -0.4 is 6.15 Å². The average Bonchev–Trinajstić information content (AvgIpc) is 1.64. The molecular weight excluding hydrogens is 141 g/mol. The van der Waals surface area contributed by atoms with Crippen molar-refractivity contribution in [3.8, 4) is 0 Å². The number of benzene rings is 1. The van der Waals surface area contributed by atoms with Gasteiger partial charge in [0.2, 0.25) is 0 Å². The monoisotopic (exact) mass is 147 g/mol. The molecule has 1 aromatic carbocycles. The van der Waals surface area contributed by atoms with Crippen LogP contribution >= 0.6 is 11.6 Å². The summed E-state index contributed by atoms with van der Waals surface area (Å²) in [7, 11) is 0. The third kappa shape index (κ3) is 2.44. The van der Waals surface area contributed by atoms with E-state index in [2.05, 4.69) is 0 Å². The smallest absolute Gasteiger partial charge is 0.124 e. The first-order chi connectivity index (χ1) is 3.79. The van der Waals surface area contributed by atoms with Gasteiger partial charge in [-0.1, -0.05) is 17.7 Å². The van der Waals surface area contributed by atoms with Gasteiger partial charge in [-0.05, 0) is 18.2 Å². The van der Waals surface area contributed by atoms with Crippen LogP contribution in [0.15, 0.2) is 24.3 Å². The third-order valence-corrected chi connectivity index (χ3v) is 1.02. The molecule has 3 N–H and O–H groups in total. The Balaban J connectivity index is 0.000000640. The maximum atomic E-state index is 12.1. The van der Waals surface area contributed by atoms with E-state index in [0.717, 1.165) is 0 Å². The van der Waals surface area contributed by atoms with Gasteiger partial charge in [0, 0.05) is 5.02 Å². The molecule has 0 fully saturated rings. The van der Waals surface area contributed by atoms with Crippen molar-refractivity contribution in [3.05, 3.63) is 35.1 Å². The maximum absolute atomic E-state index is 12.1. The highest BCUT2D eigenvalue weighted by Crippen LogP contribution is 2.07. The van der Waals surface area contributed by atoms with Crippen molar-refractivity contribution < 1.29 is 4.39 Å². The van der Waals surface area contributed by atoms with E-state index in [1.807, 2.05) is 0 Å². The van der Waals surface area contributed by atoms with Gasteiger partial charge >= 0.3 is 0 Å². The van der Waals surface area contributed by atoms with Gasteiger partial charge in [-0.25, -0.2) is 4.39 Å². The van der Waals surface area contributed by atoms with E-state index in [-0.39, 0.29) is 12.0 Å². The second-order valence-electron chi connectivity index (χ2n) is 1.44. The van der Waals surface area contributed by atoms with Crippen molar-refractivity contribution in [1.82, 2.24) is 6.15 Å². The molecule has 1 nitrogen and oxygen atoms in total. The number of hydrogen-bond acceptors (Lipinski definition) is 1. The van der Waals surface area contributed by atoms with Gasteiger partial charge in [0.25, 0.3) is 0 Å². The molecule has 0 aliphatic heterocycles. The molecule has 0 amide bonds. The summed E-state index contributed by atoms with van der Waals surface area (Å²) < 4.78 is 12.1.